The van der Waals surface area contributed by atoms with Crippen LogP contribution < -0.4 is 11.1 Å². The number of allylic oxidation sites excluding steroid dienone is 5. The van der Waals surface area contributed by atoms with Gasteiger partial charge in [0.2, 0.25) is 5.79 Å². The lowest BCUT2D eigenvalue weighted by Gasteiger charge is -2.43. The summed E-state index contributed by atoms with van der Waals surface area (Å²) < 4.78 is 58.0. The maximum Gasteiger partial charge on any atom is 0.329 e. The molecule has 0 aromatic carbocycles. The first-order valence-electron chi connectivity index (χ1n) is 29.8. The molecule has 82 heavy (non-hydrogen) atoms. The van der Waals surface area contributed by atoms with Gasteiger partial charge in [-0.3, -0.25) is 14.4 Å². The second-order valence-electron chi connectivity index (χ2n) is 22.8. The number of thiocarbonyl (C=S) groups is 1. The molecule has 6 N–H and O–H groups in total. The number of Topliss-reactive ketones (excluding diaryl/α,β-unsaturated/α-hetero) is 2. The highest BCUT2D eigenvalue weighted by Crippen LogP contribution is 2.37. The molecule has 4 rings (SSSR count). The number of nitrogens with two attached hydrogens (primary N) is 1. The summed E-state index contributed by atoms with van der Waals surface area (Å²) in [5.41, 5.74) is 8.34. The van der Waals surface area contributed by atoms with Gasteiger partial charge < -0.3 is 78.6 Å². The number of ether oxygens (including phenoxy) is 10. The number of aliphatic hydroxyl groups excluding tert-OH is 2. The number of carbonyl (C=O) groups is 4. The van der Waals surface area contributed by atoms with Crippen LogP contribution >= 0.6 is 12.2 Å². The standard InChI is InChI=1S/C61H101N3O17S/c1-11-75-27-28-77-31-32-78-30-29-76-26-24-63-60(82)80-50-23-21-45(36-53(50)73-9)35-47(62)52-38-49(65)41(4)34-43(6)55(67)56(74-10)54(66)42(5)33-39(2)17-13-12-14-18-40(3)51(72-8)37-46-22-20-44(7)61(71,81-46)57(68)58(69)64-25-16-15-19-48(64)59(70)79-52/h12-14,17-18,34,39,41-42,44-53,55-56,65,67,71H,11,15-16,19-33,35-38,62H2,1-10H3,(H,63,82)/b14-12+,17-13+,40-18+,43-34+/t39-,41-,42-,44-,45+,46+,47-,48+,49-,50-,51+,52+,53-,55-,56+,61-/m1/s1. The monoisotopic (exact) mass is 1180 g/mol. The number of cyclic esters (lactones) is 1. The van der Waals surface area contributed by atoms with E-state index in [1.807, 2.05) is 58.1 Å². The number of hydrogen-bond acceptors (Lipinski definition) is 19. The van der Waals surface area contributed by atoms with E-state index in [9.17, 15) is 34.5 Å². The zero-order chi connectivity index (χ0) is 60.4. The molecule has 0 spiro atoms. The number of amides is 1. The number of piperidine rings is 1. The molecule has 3 heterocycles. The SMILES string of the molecule is CCOCCOCCOCCOCCNC(=S)O[C@@H]1CC[C@@H](C[C@@H](N)[C@@H]2C[C@@H](O)[C@H](C)/C=C(\C)[C@@H](O)[C@@H](OC)C(=O)[C@H](C)C[C@H](C)/C=C/C=C/C=C(\C)[C@@H](OC)C[C@@H]3CC[C@@H](C)[C@@](O)(O3)C(=O)C(=O)N3CCCC[C@H]3C(=O)O2)C[C@H]1OC. The van der Waals surface area contributed by atoms with Crippen LogP contribution in [0.5, 0.6) is 0 Å². The fourth-order valence-electron chi connectivity index (χ4n) is 11.4. The number of ketones is 2. The Labute approximate surface area is 493 Å². The van der Waals surface area contributed by atoms with Crippen molar-refractivity contribution in [3.05, 3.63) is 47.6 Å². The van der Waals surface area contributed by atoms with E-state index in [-0.39, 0.29) is 54.4 Å². The molecule has 0 unspecified atom stereocenters. The Hall–Kier alpha value is -3.55. The van der Waals surface area contributed by atoms with Crippen LogP contribution in [-0.2, 0) is 66.5 Å². The van der Waals surface area contributed by atoms with Crippen molar-refractivity contribution in [3.63, 3.8) is 0 Å². The Kier molecular flexibility index (Phi) is 32.1. The van der Waals surface area contributed by atoms with Crippen molar-refractivity contribution < 1.29 is 81.9 Å². The van der Waals surface area contributed by atoms with E-state index in [1.165, 1.54) is 12.0 Å². The van der Waals surface area contributed by atoms with E-state index < -0.39 is 89.9 Å². The molecule has 1 saturated carbocycles. The van der Waals surface area contributed by atoms with E-state index >= 15 is 0 Å². The van der Waals surface area contributed by atoms with Crippen LogP contribution in [-0.4, -0.2) is 203 Å². The third-order valence-corrected chi connectivity index (χ3v) is 16.7. The Balaban J connectivity index is 1.53. The van der Waals surface area contributed by atoms with Crippen LogP contribution in [0.25, 0.3) is 0 Å². The molecule has 3 aliphatic heterocycles. The van der Waals surface area contributed by atoms with Crippen LogP contribution in [0.1, 0.15) is 126 Å². The van der Waals surface area contributed by atoms with E-state index in [1.54, 1.807) is 41.1 Å². The van der Waals surface area contributed by atoms with Crippen LogP contribution in [0, 0.1) is 29.6 Å². The summed E-state index contributed by atoms with van der Waals surface area (Å²) in [5.74, 6) is -7.57. The molecule has 21 heteroatoms. The van der Waals surface area contributed by atoms with Gasteiger partial charge in [0.1, 0.15) is 30.5 Å². The van der Waals surface area contributed by atoms with Gasteiger partial charge in [-0.1, -0.05) is 64.2 Å². The van der Waals surface area contributed by atoms with Crippen molar-refractivity contribution in [3.8, 4) is 0 Å². The van der Waals surface area contributed by atoms with E-state index in [0.717, 1.165) is 5.57 Å². The summed E-state index contributed by atoms with van der Waals surface area (Å²) in [6, 6.07) is -2.01. The van der Waals surface area contributed by atoms with E-state index in [2.05, 4.69) is 5.32 Å². The normalized spacial score (nSPS) is 35.3. The summed E-state index contributed by atoms with van der Waals surface area (Å²) in [6.45, 7) is 17.2. The maximum atomic E-state index is 14.6. The molecular weight excluding hydrogens is 1080 g/mol. The van der Waals surface area contributed by atoms with E-state index in [0.29, 0.717) is 129 Å². The number of rotatable bonds is 20. The molecule has 468 valence electrons. The molecule has 0 aromatic rings. The zero-order valence-corrected chi connectivity index (χ0v) is 51.5. The summed E-state index contributed by atoms with van der Waals surface area (Å²) in [7, 11) is 4.57. The number of nitrogens with zero attached hydrogens (tertiary/aromatic N) is 1. The first-order chi connectivity index (χ1) is 39.2. The summed E-state index contributed by atoms with van der Waals surface area (Å²) in [5, 5.41) is 38.9. The molecule has 2 saturated heterocycles. The fourth-order valence-corrected chi connectivity index (χ4v) is 11.6. The topological polar surface area (TPSA) is 263 Å². The van der Waals surface area contributed by atoms with Crippen molar-refractivity contribution in [2.45, 2.75) is 192 Å². The molecule has 0 aromatic heterocycles. The molecule has 2 bridgehead atoms. The van der Waals surface area contributed by atoms with Gasteiger partial charge in [0, 0.05) is 77.7 Å². The van der Waals surface area contributed by atoms with Gasteiger partial charge in [-0.2, -0.15) is 0 Å². The predicted molar refractivity (Wildman–Crippen MR) is 313 cm³/mol. The van der Waals surface area contributed by atoms with Crippen molar-refractivity contribution in [1.82, 2.24) is 10.2 Å². The average Bonchev–Trinajstić information content (AvgIpc) is 3.40. The molecule has 3 fully saturated rings. The van der Waals surface area contributed by atoms with Crippen molar-refractivity contribution in [2.75, 3.05) is 87.3 Å². The number of fused-ring (bicyclic) bond motifs is 3. The lowest BCUT2D eigenvalue weighted by atomic mass is 9.80. The first kappa shape index (κ1) is 70.9. The van der Waals surface area contributed by atoms with Crippen LogP contribution in [0.3, 0.4) is 0 Å². The summed E-state index contributed by atoms with van der Waals surface area (Å²) >= 11 is 5.54. The quantitative estimate of drug-likeness (QED) is 0.0324. The highest BCUT2D eigenvalue weighted by molar-refractivity contribution is 7.80. The molecule has 1 amide bonds. The first-order valence-corrected chi connectivity index (χ1v) is 30.2. The Morgan fingerprint density at radius 2 is 1.49 bits per heavy atom. The number of carbonyl (C=O) groups excluding carboxylic acids is 4. The van der Waals surface area contributed by atoms with Crippen LogP contribution in [0.4, 0.5) is 0 Å². The van der Waals surface area contributed by atoms with Gasteiger partial charge in [-0.25, -0.2) is 4.79 Å². The third-order valence-electron chi connectivity index (χ3n) is 16.5. The molecule has 0 radical (unpaired) electrons. The van der Waals surface area contributed by atoms with Gasteiger partial charge >= 0.3 is 5.97 Å². The zero-order valence-electron chi connectivity index (χ0n) is 50.7. The largest absolute Gasteiger partial charge is 0.465 e. The summed E-state index contributed by atoms with van der Waals surface area (Å²) in [6.07, 6.45) is 9.70. The highest BCUT2D eigenvalue weighted by Gasteiger charge is 2.53. The van der Waals surface area contributed by atoms with Crippen molar-refractivity contribution in [2.24, 2.45) is 35.3 Å². The average molecular weight is 1180 g/mol. The number of nitrogens with one attached hydrogen (secondary N) is 1. The minimum atomic E-state index is -2.46. The van der Waals surface area contributed by atoms with E-state index in [4.69, 9.17) is 65.3 Å². The number of aliphatic hydroxyl groups is 3. The smallest absolute Gasteiger partial charge is 0.329 e. The van der Waals surface area contributed by atoms with Gasteiger partial charge in [0.15, 0.2) is 5.78 Å². The van der Waals surface area contributed by atoms with Crippen LogP contribution in [0.15, 0.2) is 47.6 Å². The number of esters is 1. The molecular formula is C61H101N3O17S. The minimum absolute atomic E-state index is 0.00512. The fraction of sp³-hybridized carbons (Fsp3) is 0.787. The van der Waals surface area contributed by atoms with Gasteiger partial charge in [0.05, 0.1) is 70.7 Å². The Morgan fingerprint density at radius 3 is 2.15 bits per heavy atom. The van der Waals surface area contributed by atoms with Gasteiger partial charge in [-0.05, 0) is 120 Å². The highest BCUT2D eigenvalue weighted by atomic mass is 32.1. The number of hydrogen-bond donors (Lipinski definition) is 5. The predicted octanol–water partition coefficient (Wildman–Crippen LogP) is 5.65. The van der Waals surface area contributed by atoms with Crippen molar-refractivity contribution >= 4 is 40.8 Å². The minimum Gasteiger partial charge on any atom is -0.465 e. The Morgan fingerprint density at radius 1 is 0.805 bits per heavy atom. The van der Waals surface area contributed by atoms with Crippen molar-refractivity contribution in [1.29, 1.82) is 0 Å². The van der Waals surface area contributed by atoms with Gasteiger partial charge in [0.25, 0.3) is 16.9 Å². The lowest BCUT2D eigenvalue weighted by Crippen LogP contribution is -2.61. The second-order valence-corrected chi connectivity index (χ2v) is 23.2. The lowest BCUT2D eigenvalue weighted by molar-refractivity contribution is -0.265. The second kappa shape index (κ2) is 37.1. The molecule has 1 aliphatic carbocycles. The molecule has 16 atom stereocenters. The Bertz CT molecular complexity index is 2090. The third kappa shape index (κ3) is 22.4. The van der Waals surface area contributed by atoms with Crippen LogP contribution in [0.2, 0.25) is 0 Å². The number of methoxy groups -OCH3 is 3. The van der Waals surface area contributed by atoms with Gasteiger partial charge in [-0.15, -0.1) is 0 Å². The maximum absolute atomic E-state index is 14.6. The molecule has 20 nitrogen and oxygen atoms in total. The summed E-state index contributed by atoms with van der Waals surface area (Å²) in [4.78, 5) is 58.4. The molecule has 4 aliphatic rings.